The lowest BCUT2D eigenvalue weighted by molar-refractivity contribution is -0.158. The smallest absolute Gasteiger partial charge is 0.313 e. The highest BCUT2D eigenvalue weighted by Gasteiger charge is 2.39. The molecule has 1 N–H and O–H groups in total. The molecule has 2 rings (SSSR count). The first-order valence-corrected chi connectivity index (χ1v) is 7.21. The highest BCUT2D eigenvalue weighted by atomic mass is 16.5. The molecule has 1 aliphatic heterocycles. The van der Waals surface area contributed by atoms with E-state index in [0.717, 1.165) is 43.7 Å². The molecule has 0 radical (unpaired) electrons. The molecule has 0 bridgehead atoms. The molecule has 110 valence electrons. The molecule has 4 heteroatoms. The molecule has 0 saturated carbocycles. The number of piperidine rings is 1. The molecule has 0 aromatic heterocycles. The van der Waals surface area contributed by atoms with Gasteiger partial charge in [-0.1, -0.05) is 19.1 Å². The second-order valence-corrected chi connectivity index (χ2v) is 5.34. The van der Waals surface area contributed by atoms with E-state index in [1.807, 2.05) is 24.3 Å². The predicted molar refractivity (Wildman–Crippen MR) is 77.6 cm³/mol. The van der Waals surface area contributed by atoms with Crippen molar-refractivity contribution in [1.29, 1.82) is 0 Å². The van der Waals surface area contributed by atoms with E-state index in [2.05, 4.69) is 12.2 Å². The SMILES string of the molecule is CCC1(C(=O)OCc2cccc(OC)c2)CCCNC1. The molecule has 20 heavy (non-hydrogen) atoms. The van der Waals surface area contributed by atoms with Crippen molar-refractivity contribution in [3.63, 3.8) is 0 Å². The fourth-order valence-corrected chi connectivity index (χ4v) is 2.65. The fraction of sp³-hybridized carbons (Fsp3) is 0.562. The number of esters is 1. The summed E-state index contributed by atoms with van der Waals surface area (Å²) in [4.78, 5) is 12.4. The van der Waals surface area contributed by atoms with Crippen LogP contribution in [0.25, 0.3) is 0 Å². The van der Waals surface area contributed by atoms with Gasteiger partial charge in [0, 0.05) is 6.54 Å². The van der Waals surface area contributed by atoms with Gasteiger partial charge in [0.2, 0.25) is 0 Å². The molecule has 1 aromatic carbocycles. The zero-order valence-electron chi connectivity index (χ0n) is 12.3. The van der Waals surface area contributed by atoms with Crippen LogP contribution in [0.2, 0.25) is 0 Å². The number of carbonyl (C=O) groups is 1. The van der Waals surface area contributed by atoms with E-state index in [9.17, 15) is 4.79 Å². The number of ether oxygens (including phenoxy) is 2. The molecule has 0 amide bonds. The summed E-state index contributed by atoms with van der Waals surface area (Å²) in [6, 6.07) is 7.61. The van der Waals surface area contributed by atoms with Gasteiger partial charge in [0.1, 0.15) is 12.4 Å². The van der Waals surface area contributed by atoms with Gasteiger partial charge in [-0.15, -0.1) is 0 Å². The molecule has 0 aliphatic carbocycles. The van der Waals surface area contributed by atoms with Gasteiger partial charge in [-0.2, -0.15) is 0 Å². The van der Waals surface area contributed by atoms with Crippen LogP contribution < -0.4 is 10.1 Å². The van der Waals surface area contributed by atoms with E-state index in [1.165, 1.54) is 0 Å². The van der Waals surface area contributed by atoms with Gasteiger partial charge in [-0.3, -0.25) is 4.79 Å². The number of methoxy groups -OCH3 is 1. The third-order valence-corrected chi connectivity index (χ3v) is 4.09. The lowest BCUT2D eigenvalue weighted by Crippen LogP contribution is -2.45. The predicted octanol–water partition coefficient (Wildman–Crippen LogP) is 2.52. The Hall–Kier alpha value is -1.55. The first-order chi connectivity index (χ1) is 9.70. The highest BCUT2D eigenvalue weighted by Crippen LogP contribution is 2.31. The second kappa shape index (κ2) is 6.75. The van der Waals surface area contributed by atoms with Crippen LogP contribution in [-0.4, -0.2) is 26.2 Å². The summed E-state index contributed by atoms with van der Waals surface area (Å²) in [5.74, 6) is 0.693. The summed E-state index contributed by atoms with van der Waals surface area (Å²) >= 11 is 0. The minimum absolute atomic E-state index is 0.0879. The number of nitrogens with one attached hydrogen (secondary N) is 1. The topological polar surface area (TPSA) is 47.6 Å². The molecule has 1 atom stereocenters. The van der Waals surface area contributed by atoms with Crippen molar-refractivity contribution in [3.05, 3.63) is 29.8 Å². The molecule has 1 fully saturated rings. The van der Waals surface area contributed by atoms with Crippen LogP contribution in [0.4, 0.5) is 0 Å². The Labute approximate surface area is 120 Å². The van der Waals surface area contributed by atoms with Crippen LogP contribution in [0.5, 0.6) is 5.75 Å². The Bertz CT molecular complexity index is 453. The third kappa shape index (κ3) is 3.31. The summed E-state index contributed by atoms with van der Waals surface area (Å²) in [5.41, 5.74) is 0.602. The zero-order valence-corrected chi connectivity index (χ0v) is 12.3. The average Bonchev–Trinajstić information content (AvgIpc) is 2.53. The van der Waals surface area contributed by atoms with Gasteiger partial charge in [0.25, 0.3) is 0 Å². The van der Waals surface area contributed by atoms with Crippen LogP contribution >= 0.6 is 0 Å². The molecule has 1 aliphatic rings. The number of benzene rings is 1. The lowest BCUT2D eigenvalue weighted by Gasteiger charge is -2.34. The van der Waals surface area contributed by atoms with Gasteiger partial charge < -0.3 is 14.8 Å². The van der Waals surface area contributed by atoms with Crippen molar-refractivity contribution in [3.8, 4) is 5.75 Å². The zero-order chi connectivity index (χ0) is 14.4. The normalized spacial score (nSPS) is 22.3. The molecular formula is C16H23NO3. The van der Waals surface area contributed by atoms with Gasteiger partial charge in [0.15, 0.2) is 0 Å². The molecule has 1 heterocycles. The quantitative estimate of drug-likeness (QED) is 0.840. The largest absolute Gasteiger partial charge is 0.497 e. The number of hydrogen-bond acceptors (Lipinski definition) is 4. The second-order valence-electron chi connectivity index (χ2n) is 5.34. The Morgan fingerprint density at radius 3 is 2.95 bits per heavy atom. The molecule has 1 aromatic rings. The maximum Gasteiger partial charge on any atom is 0.313 e. The van der Waals surface area contributed by atoms with Crippen molar-refractivity contribution < 1.29 is 14.3 Å². The monoisotopic (exact) mass is 277 g/mol. The minimum atomic E-state index is -0.350. The summed E-state index contributed by atoms with van der Waals surface area (Å²) in [6.07, 6.45) is 2.76. The van der Waals surface area contributed by atoms with E-state index in [1.54, 1.807) is 7.11 Å². The van der Waals surface area contributed by atoms with Crippen LogP contribution in [0, 0.1) is 5.41 Å². The van der Waals surface area contributed by atoms with Crippen LogP contribution in [0.3, 0.4) is 0 Å². The summed E-state index contributed by atoms with van der Waals surface area (Å²) in [5, 5.41) is 3.30. The van der Waals surface area contributed by atoms with E-state index < -0.39 is 0 Å². The van der Waals surface area contributed by atoms with Gasteiger partial charge in [-0.05, 0) is 43.5 Å². The minimum Gasteiger partial charge on any atom is -0.497 e. The van der Waals surface area contributed by atoms with Crippen LogP contribution in [0.1, 0.15) is 31.7 Å². The van der Waals surface area contributed by atoms with Gasteiger partial charge in [0.05, 0.1) is 12.5 Å². The Kier molecular flexibility index (Phi) is 5.01. The van der Waals surface area contributed by atoms with Gasteiger partial charge in [-0.25, -0.2) is 0 Å². The number of rotatable bonds is 5. The van der Waals surface area contributed by atoms with Crippen molar-refractivity contribution in [2.75, 3.05) is 20.2 Å². The first-order valence-electron chi connectivity index (χ1n) is 7.21. The van der Waals surface area contributed by atoms with Crippen LogP contribution in [0.15, 0.2) is 24.3 Å². The first kappa shape index (κ1) is 14.9. The standard InChI is InChI=1S/C16H23NO3/c1-3-16(8-5-9-17-12-16)15(18)20-11-13-6-4-7-14(10-13)19-2/h4,6-7,10,17H,3,5,8-9,11-12H2,1-2H3. The summed E-state index contributed by atoms with van der Waals surface area (Å²) in [6.45, 7) is 4.07. The summed E-state index contributed by atoms with van der Waals surface area (Å²) in [7, 11) is 1.63. The van der Waals surface area contributed by atoms with E-state index in [-0.39, 0.29) is 11.4 Å². The fourth-order valence-electron chi connectivity index (χ4n) is 2.65. The Morgan fingerprint density at radius 1 is 1.45 bits per heavy atom. The van der Waals surface area contributed by atoms with E-state index in [4.69, 9.17) is 9.47 Å². The maximum atomic E-state index is 12.4. The Morgan fingerprint density at radius 2 is 2.30 bits per heavy atom. The maximum absolute atomic E-state index is 12.4. The lowest BCUT2D eigenvalue weighted by atomic mass is 9.78. The average molecular weight is 277 g/mol. The summed E-state index contributed by atoms with van der Waals surface area (Å²) < 4.78 is 10.7. The highest BCUT2D eigenvalue weighted by molar-refractivity contribution is 5.77. The van der Waals surface area contributed by atoms with Crippen molar-refractivity contribution >= 4 is 5.97 Å². The van der Waals surface area contributed by atoms with E-state index >= 15 is 0 Å². The van der Waals surface area contributed by atoms with Crippen molar-refractivity contribution in [1.82, 2.24) is 5.32 Å². The van der Waals surface area contributed by atoms with Crippen molar-refractivity contribution in [2.45, 2.75) is 32.8 Å². The van der Waals surface area contributed by atoms with E-state index in [0.29, 0.717) is 6.61 Å². The molecule has 4 nitrogen and oxygen atoms in total. The molecule has 1 unspecified atom stereocenters. The number of hydrogen-bond donors (Lipinski definition) is 1. The number of carbonyl (C=O) groups excluding carboxylic acids is 1. The molecular weight excluding hydrogens is 254 g/mol. The van der Waals surface area contributed by atoms with Crippen LogP contribution in [-0.2, 0) is 16.1 Å². The third-order valence-electron chi connectivity index (χ3n) is 4.09. The van der Waals surface area contributed by atoms with Crippen molar-refractivity contribution in [2.24, 2.45) is 5.41 Å². The Balaban J connectivity index is 1.96. The molecule has 0 spiro atoms. The molecule has 1 saturated heterocycles. The van der Waals surface area contributed by atoms with Gasteiger partial charge >= 0.3 is 5.97 Å².